The van der Waals surface area contributed by atoms with E-state index in [9.17, 15) is 9.90 Å². The van der Waals surface area contributed by atoms with E-state index in [0.29, 0.717) is 47.0 Å². The van der Waals surface area contributed by atoms with Gasteiger partial charge in [-0.1, -0.05) is 16.4 Å². The molecule has 5 heterocycles. The summed E-state index contributed by atoms with van der Waals surface area (Å²) < 4.78 is 10.5. The lowest BCUT2D eigenvalue weighted by molar-refractivity contribution is -0.144. The van der Waals surface area contributed by atoms with Crippen molar-refractivity contribution in [2.24, 2.45) is 0 Å². The van der Waals surface area contributed by atoms with Crippen molar-refractivity contribution in [3.63, 3.8) is 0 Å². The van der Waals surface area contributed by atoms with E-state index in [0.717, 1.165) is 0 Å². The lowest BCUT2D eigenvalue weighted by Crippen LogP contribution is -2.35. The Morgan fingerprint density at radius 1 is 1.09 bits per heavy atom. The van der Waals surface area contributed by atoms with Gasteiger partial charge in [0.25, 0.3) is 5.91 Å². The summed E-state index contributed by atoms with van der Waals surface area (Å²) in [7, 11) is 1.64. The molecule has 0 radical (unpaired) electrons. The van der Waals surface area contributed by atoms with Crippen LogP contribution in [0.1, 0.15) is 36.9 Å². The maximum Gasteiger partial charge on any atom is 0.262 e. The first-order chi connectivity index (χ1) is 16.3. The number of anilines is 1. The Hall–Kier alpha value is -4.19. The number of pyridine rings is 1. The van der Waals surface area contributed by atoms with Gasteiger partial charge in [0.05, 0.1) is 17.1 Å². The van der Waals surface area contributed by atoms with Crippen LogP contribution in [0.5, 0.6) is 0 Å². The summed E-state index contributed by atoms with van der Waals surface area (Å²) in [5, 5.41) is 21.8. The molecule has 2 N–H and O–H groups in total. The molecule has 1 amide bonds. The van der Waals surface area contributed by atoms with Crippen LogP contribution in [0.2, 0.25) is 0 Å². The van der Waals surface area contributed by atoms with Crippen LogP contribution in [-0.2, 0) is 10.4 Å². The Labute approximate surface area is 194 Å². The van der Waals surface area contributed by atoms with Gasteiger partial charge in [0.1, 0.15) is 11.7 Å². The van der Waals surface area contributed by atoms with E-state index < -0.39 is 11.5 Å². The fourth-order valence-corrected chi connectivity index (χ4v) is 3.71. The van der Waals surface area contributed by atoms with E-state index in [1.54, 1.807) is 38.4 Å². The smallest absolute Gasteiger partial charge is 0.262 e. The number of rotatable bonds is 6. The van der Waals surface area contributed by atoms with E-state index >= 15 is 0 Å². The van der Waals surface area contributed by atoms with E-state index in [2.05, 4.69) is 35.6 Å². The number of aromatic nitrogens is 6. The van der Waals surface area contributed by atoms with Gasteiger partial charge in [-0.15, -0.1) is 0 Å². The Balaban J connectivity index is 1.38. The maximum absolute atomic E-state index is 12.4. The number of hydrogen-bond acceptors (Lipinski definition) is 11. The molecule has 0 aliphatic carbocycles. The predicted molar refractivity (Wildman–Crippen MR) is 118 cm³/mol. The molecule has 2 atom stereocenters. The van der Waals surface area contributed by atoms with Crippen LogP contribution < -0.4 is 5.32 Å². The first-order valence-electron chi connectivity index (χ1n) is 10.7. The molecular formula is C22H22N8O4. The van der Waals surface area contributed by atoms with Crippen molar-refractivity contribution in [3.8, 4) is 22.8 Å². The van der Waals surface area contributed by atoms with Gasteiger partial charge in [0.2, 0.25) is 17.4 Å². The molecule has 4 aromatic rings. The number of aliphatic hydroxyl groups is 1. The standard InChI is InChI=1S/C22H22N8O4/c1-12(19-25-13(2)28-34-19)24-21-23-9-7-16(27-21)14-5-4-6-15(26-14)17-11-18(33-29-17)22(32)8-10-30(3)20(22)31/h4-7,9,11-12,32H,8,10H2,1-3H3,(H,23,24,27)/t12-,22?/m0/s1. The summed E-state index contributed by atoms with van der Waals surface area (Å²) in [5.74, 6) is 1.04. The highest BCUT2D eigenvalue weighted by atomic mass is 16.5. The van der Waals surface area contributed by atoms with Gasteiger partial charge in [-0.3, -0.25) is 4.79 Å². The molecule has 12 heteroatoms. The van der Waals surface area contributed by atoms with Gasteiger partial charge in [-0.05, 0) is 32.0 Å². The van der Waals surface area contributed by atoms with Gasteiger partial charge >= 0.3 is 0 Å². The average molecular weight is 462 g/mol. The number of amides is 1. The topological polar surface area (TPSA) is 156 Å². The summed E-state index contributed by atoms with van der Waals surface area (Å²) in [4.78, 5) is 31.5. The zero-order valence-corrected chi connectivity index (χ0v) is 18.8. The van der Waals surface area contributed by atoms with Crippen molar-refractivity contribution in [2.75, 3.05) is 18.9 Å². The Kier molecular flexibility index (Phi) is 5.28. The summed E-state index contributed by atoms with van der Waals surface area (Å²) in [6, 6.07) is 8.39. The predicted octanol–water partition coefficient (Wildman–Crippen LogP) is 2.11. The second-order valence-corrected chi connectivity index (χ2v) is 8.13. The van der Waals surface area contributed by atoms with E-state index in [1.165, 1.54) is 4.90 Å². The minimum atomic E-state index is -1.71. The van der Waals surface area contributed by atoms with Gasteiger partial charge in [0, 0.05) is 32.3 Å². The van der Waals surface area contributed by atoms with Gasteiger partial charge in [0.15, 0.2) is 11.6 Å². The Morgan fingerprint density at radius 3 is 2.56 bits per heavy atom. The van der Waals surface area contributed by atoms with Crippen LogP contribution in [0.4, 0.5) is 5.95 Å². The minimum Gasteiger partial charge on any atom is -0.373 e. The minimum absolute atomic E-state index is 0.0998. The number of carbonyl (C=O) groups excluding carboxylic acids is 1. The van der Waals surface area contributed by atoms with E-state index in [-0.39, 0.29) is 18.2 Å². The molecular weight excluding hydrogens is 440 g/mol. The molecule has 1 saturated heterocycles. The number of aryl methyl sites for hydroxylation is 1. The fourth-order valence-electron chi connectivity index (χ4n) is 3.71. The number of hydrogen-bond donors (Lipinski definition) is 2. The number of likely N-dealkylation sites (tertiary alicyclic amines) is 1. The van der Waals surface area contributed by atoms with Crippen LogP contribution >= 0.6 is 0 Å². The van der Waals surface area contributed by atoms with Gasteiger partial charge in [-0.25, -0.2) is 15.0 Å². The molecule has 0 spiro atoms. The molecule has 0 aromatic carbocycles. The monoisotopic (exact) mass is 462 g/mol. The fraction of sp³-hybridized carbons (Fsp3) is 0.318. The van der Waals surface area contributed by atoms with Crippen molar-refractivity contribution in [3.05, 3.63) is 54.0 Å². The molecule has 0 bridgehead atoms. The third kappa shape index (κ3) is 3.88. The molecule has 5 rings (SSSR count). The highest BCUT2D eigenvalue weighted by Crippen LogP contribution is 2.34. The van der Waals surface area contributed by atoms with Crippen molar-refractivity contribution >= 4 is 11.9 Å². The zero-order chi connectivity index (χ0) is 23.9. The number of nitrogens with one attached hydrogen (secondary N) is 1. The molecule has 4 aromatic heterocycles. The van der Waals surface area contributed by atoms with E-state index in [1.807, 2.05) is 19.1 Å². The second-order valence-electron chi connectivity index (χ2n) is 8.13. The molecule has 12 nitrogen and oxygen atoms in total. The molecule has 1 fully saturated rings. The van der Waals surface area contributed by atoms with Crippen LogP contribution in [-0.4, -0.2) is 59.8 Å². The molecule has 1 aliphatic heterocycles. The second kappa shape index (κ2) is 8.30. The summed E-state index contributed by atoms with van der Waals surface area (Å²) in [5.41, 5.74) is 0.379. The van der Waals surface area contributed by atoms with Crippen LogP contribution in [0.25, 0.3) is 22.8 Å². The molecule has 0 saturated carbocycles. The Bertz CT molecular complexity index is 1350. The number of likely N-dealkylation sites (N-methyl/N-ethyl adjacent to an activating group) is 1. The highest BCUT2D eigenvalue weighted by molar-refractivity contribution is 5.87. The van der Waals surface area contributed by atoms with Crippen molar-refractivity contribution in [1.82, 2.24) is 35.1 Å². The maximum atomic E-state index is 12.4. The van der Waals surface area contributed by atoms with Crippen LogP contribution in [0.3, 0.4) is 0 Å². The number of nitrogens with zero attached hydrogens (tertiary/aromatic N) is 7. The molecule has 174 valence electrons. The van der Waals surface area contributed by atoms with Crippen molar-refractivity contribution in [2.45, 2.75) is 31.9 Å². The lowest BCUT2D eigenvalue weighted by Gasteiger charge is -2.16. The third-order valence-corrected chi connectivity index (χ3v) is 5.62. The number of carbonyl (C=O) groups is 1. The Morgan fingerprint density at radius 2 is 1.85 bits per heavy atom. The normalized spacial score (nSPS) is 18.9. The summed E-state index contributed by atoms with van der Waals surface area (Å²) in [6.45, 7) is 4.05. The van der Waals surface area contributed by atoms with Crippen molar-refractivity contribution in [1.29, 1.82) is 0 Å². The molecule has 1 aliphatic rings. The van der Waals surface area contributed by atoms with Crippen LogP contribution in [0, 0.1) is 6.92 Å². The van der Waals surface area contributed by atoms with E-state index in [4.69, 9.17) is 9.05 Å². The average Bonchev–Trinajstić information content (AvgIpc) is 3.57. The van der Waals surface area contributed by atoms with Gasteiger partial charge in [-0.2, -0.15) is 4.98 Å². The first kappa shape index (κ1) is 21.6. The molecule has 1 unspecified atom stereocenters. The zero-order valence-electron chi connectivity index (χ0n) is 18.8. The third-order valence-electron chi connectivity index (χ3n) is 5.62. The lowest BCUT2D eigenvalue weighted by atomic mass is 9.98. The molecule has 34 heavy (non-hydrogen) atoms. The SMILES string of the molecule is Cc1noc([C@H](C)Nc2nccc(-c3cccc(-c4cc(C5(O)CCN(C)C5=O)on4)n3)n2)n1. The highest BCUT2D eigenvalue weighted by Gasteiger charge is 2.48. The van der Waals surface area contributed by atoms with Gasteiger partial charge < -0.3 is 24.4 Å². The summed E-state index contributed by atoms with van der Waals surface area (Å²) >= 11 is 0. The quantitative estimate of drug-likeness (QED) is 0.432. The van der Waals surface area contributed by atoms with Crippen molar-refractivity contribution < 1.29 is 18.9 Å². The van der Waals surface area contributed by atoms with Crippen LogP contribution in [0.15, 0.2) is 45.6 Å². The first-order valence-corrected chi connectivity index (χ1v) is 10.7. The summed E-state index contributed by atoms with van der Waals surface area (Å²) in [6.07, 6.45) is 1.86. The largest absolute Gasteiger partial charge is 0.373 e.